The molecule has 3 heterocycles. The van der Waals surface area contributed by atoms with Crippen LogP contribution < -0.4 is 10.6 Å². The smallest absolute Gasteiger partial charge is 0.276 e. The van der Waals surface area contributed by atoms with E-state index in [0.717, 1.165) is 41.5 Å². The van der Waals surface area contributed by atoms with Gasteiger partial charge in [0.25, 0.3) is 5.91 Å². The third kappa shape index (κ3) is 5.08. The van der Waals surface area contributed by atoms with Crippen molar-refractivity contribution in [2.75, 3.05) is 10.6 Å². The van der Waals surface area contributed by atoms with Crippen molar-refractivity contribution < 1.29 is 9.59 Å². The highest BCUT2D eigenvalue weighted by Gasteiger charge is 2.29. The van der Waals surface area contributed by atoms with E-state index in [1.54, 1.807) is 24.8 Å². The van der Waals surface area contributed by atoms with Gasteiger partial charge in [0.15, 0.2) is 5.69 Å². The first kappa shape index (κ1) is 22.6. The second-order valence-electron chi connectivity index (χ2n) is 9.26. The van der Waals surface area contributed by atoms with Crippen LogP contribution in [0, 0.1) is 5.92 Å². The van der Waals surface area contributed by atoms with Crippen LogP contribution in [-0.2, 0) is 11.2 Å². The molecule has 0 atom stereocenters. The summed E-state index contributed by atoms with van der Waals surface area (Å²) in [6, 6.07) is 19.6. The van der Waals surface area contributed by atoms with Crippen LogP contribution in [0.3, 0.4) is 0 Å². The number of H-pyrrole nitrogens is 1. The highest BCUT2D eigenvalue weighted by atomic mass is 16.2. The standard InChI is InChI=1S/C29H24N6O2/c36-28(20-6-7-20)32-24-12-22(15-31-17-24)21-8-9-26-25(13-21)27(35-34-26)29(37)33-23-11-19(14-30-16-23)10-18-4-2-1-3-5-18/h1-5,8-9,11-17,20H,6-7,10H2,(H,32,36)(H,33,37)(H,34,35). The number of fused-ring (bicyclic) bond motifs is 1. The molecule has 0 aliphatic heterocycles. The first-order chi connectivity index (χ1) is 18.1. The minimum absolute atomic E-state index is 0.0329. The van der Waals surface area contributed by atoms with Crippen molar-refractivity contribution in [1.82, 2.24) is 20.2 Å². The monoisotopic (exact) mass is 488 g/mol. The quantitative estimate of drug-likeness (QED) is 0.291. The van der Waals surface area contributed by atoms with Gasteiger partial charge in [0.05, 0.1) is 29.3 Å². The molecule has 1 fully saturated rings. The molecule has 1 aliphatic carbocycles. The van der Waals surface area contributed by atoms with Crippen molar-refractivity contribution in [3.8, 4) is 11.1 Å². The second kappa shape index (κ2) is 9.66. The van der Waals surface area contributed by atoms with E-state index in [0.29, 0.717) is 16.8 Å². The summed E-state index contributed by atoms with van der Waals surface area (Å²) >= 11 is 0. The van der Waals surface area contributed by atoms with Crippen molar-refractivity contribution in [2.45, 2.75) is 19.3 Å². The fourth-order valence-electron chi connectivity index (χ4n) is 4.30. The number of hydrogen-bond acceptors (Lipinski definition) is 5. The molecule has 8 nitrogen and oxygen atoms in total. The summed E-state index contributed by atoms with van der Waals surface area (Å²) in [5.41, 5.74) is 6.16. The van der Waals surface area contributed by atoms with Gasteiger partial charge in [-0.1, -0.05) is 36.4 Å². The van der Waals surface area contributed by atoms with Gasteiger partial charge in [0, 0.05) is 29.3 Å². The number of benzene rings is 2. The second-order valence-corrected chi connectivity index (χ2v) is 9.26. The van der Waals surface area contributed by atoms with E-state index in [2.05, 4.69) is 42.9 Å². The van der Waals surface area contributed by atoms with Crippen molar-refractivity contribution in [3.05, 3.63) is 102 Å². The maximum atomic E-state index is 13.2. The van der Waals surface area contributed by atoms with Crippen LogP contribution in [0.4, 0.5) is 11.4 Å². The fraction of sp³-hybridized carbons (Fsp3) is 0.138. The molecule has 5 aromatic rings. The van der Waals surface area contributed by atoms with Crippen LogP contribution in [0.15, 0.2) is 85.5 Å². The highest BCUT2D eigenvalue weighted by Crippen LogP contribution is 2.31. The molecule has 2 amide bonds. The Bertz CT molecular complexity index is 1610. The summed E-state index contributed by atoms with van der Waals surface area (Å²) < 4.78 is 0. The zero-order valence-corrected chi connectivity index (χ0v) is 19.9. The molecular formula is C29H24N6O2. The summed E-state index contributed by atoms with van der Waals surface area (Å²) in [6.07, 6.45) is 9.40. The minimum Gasteiger partial charge on any atom is -0.324 e. The lowest BCUT2D eigenvalue weighted by Gasteiger charge is -2.08. The summed E-state index contributed by atoms with van der Waals surface area (Å²) in [5.74, 6) is -0.183. The van der Waals surface area contributed by atoms with E-state index < -0.39 is 0 Å². The number of hydrogen-bond donors (Lipinski definition) is 3. The molecule has 0 spiro atoms. The van der Waals surface area contributed by atoms with Crippen LogP contribution in [0.1, 0.15) is 34.5 Å². The molecule has 3 N–H and O–H groups in total. The summed E-state index contributed by atoms with van der Waals surface area (Å²) in [6.45, 7) is 0. The van der Waals surface area contributed by atoms with E-state index in [4.69, 9.17) is 0 Å². The third-order valence-electron chi connectivity index (χ3n) is 6.37. The van der Waals surface area contributed by atoms with Gasteiger partial charge in [0.1, 0.15) is 0 Å². The summed E-state index contributed by atoms with van der Waals surface area (Å²) in [7, 11) is 0. The zero-order valence-electron chi connectivity index (χ0n) is 19.9. The van der Waals surface area contributed by atoms with Gasteiger partial charge in [-0.2, -0.15) is 5.10 Å². The lowest BCUT2D eigenvalue weighted by molar-refractivity contribution is -0.117. The molecule has 6 rings (SSSR count). The van der Waals surface area contributed by atoms with Gasteiger partial charge in [-0.05, 0) is 60.2 Å². The fourth-order valence-corrected chi connectivity index (χ4v) is 4.30. The van der Waals surface area contributed by atoms with Crippen LogP contribution in [0.2, 0.25) is 0 Å². The van der Waals surface area contributed by atoms with Crippen LogP contribution in [0.5, 0.6) is 0 Å². The molecule has 0 radical (unpaired) electrons. The Morgan fingerprint density at radius 2 is 1.59 bits per heavy atom. The normalized spacial score (nSPS) is 12.9. The van der Waals surface area contributed by atoms with Crippen molar-refractivity contribution in [3.63, 3.8) is 0 Å². The number of pyridine rings is 2. The lowest BCUT2D eigenvalue weighted by atomic mass is 10.0. The van der Waals surface area contributed by atoms with Crippen LogP contribution >= 0.6 is 0 Å². The average Bonchev–Trinajstić information content (AvgIpc) is 3.69. The SMILES string of the molecule is O=C(Nc1cncc(Cc2ccccc2)c1)c1n[nH]c2ccc(-c3cncc(NC(=O)C4CC4)c3)cc12. The van der Waals surface area contributed by atoms with Crippen LogP contribution in [-0.4, -0.2) is 32.0 Å². The number of anilines is 2. The number of carbonyl (C=O) groups excluding carboxylic acids is 2. The van der Waals surface area contributed by atoms with Crippen LogP contribution in [0.25, 0.3) is 22.0 Å². The van der Waals surface area contributed by atoms with Gasteiger partial charge >= 0.3 is 0 Å². The molecule has 3 aromatic heterocycles. The van der Waals surface area contributed by atoms with Gasteiger partial charge in [-0.3, -0.25) is 24.7 Å². The van der Waals surface area contributed by atoms with E-state index in [-0.39, 0.29) is 23.4 Å². The Morgan fingerprint density at radius 1 is 0.811 bits per heavy atom. The van der Waals surface area contributed by atoms with E-state index in [1.165, 1.54) is 5.56 Å². The number of nitrogens with one attached hydrogen (secondary N) is 3. The topological polar surface area (TPSA) is 113 Å². The van der Waals surface area contributed by atoms with Crippen molar-refractivity contribution in [2.24, 2.45) is 5.92 Å². The Hall–Kier alpha value is -4.85. The van der Waals surface area contributed by atoms with Gasteiger partial charge in [-0.25, -0.2) is 0 Å². The van der Waals surface area contributed by atoms with Crippen molar-refractivity contribution >= 4 is 34.1 Å². The number of carbonyl (C=O) groups is 2. The molecule has 0 unspecified atom stereocenters. The minimum atomic E-state index is -0.328. The molecule has 8 heteroatoms. The summed E-state index contributed by atoms with van der Waals surface area (Å²) in [5, 5.41) is 13.8. The zero-order chi connectivity index (χ0) is 25.2. The average molecular weight is 489 g/mol. The third-order valence-corrected chi connectivity index (χ3v) is 6.37. The number of rotatable bonds is 7. The highest BCUT2D eigenvalue weighted by molar-refractivity contribution is 6.11. The Balaban J connectivity index is 1.22. The predicted molar refractivity (Wildman–Crippen MR) is 142 cm³/mol. The molecule has 0 saturated heterocycles. The lowest BCUT2D eigenvalue weighted by Crippen LogP contribution is -2.13. The molecule has 1 saturated carbocycles. The van der Waals surface area contributed by atoms with Gasteiger partial charge < -0.3 is 10.6 Å². The number of amides is 2. The summed E-state index contributed by atoms with van der Waals surface area (Å²) in [4.78, 5) is 33.9. The number of aromatic nitrogens is 4. The molecule has 2 aromatic carbocycles. The molecular weight excluding hydrogens is 464 g/mol. The predicted octanol–water partition coefficient (Wildman–Crippen LogP) is 5.21. The number of aromatic amines is 1. The van der Waals surface area contributed by atoms with E-state index in [1.807, 2.05) is 48.5 Å². The Morgan fingerprint density at radius 3 is 2.41 bits per heavy atom. The maximum absolute atomic E-state index is 13.2. The number of nitrogens with zero attached hydrogens (tertiary/aromatic N) is 3. The van der Waals surface area contributed by atoms with E-state index in [9.17, 15) is 9.59 Å². The first-order valence-corrected chi connectivity index (χ1v) is 12.2. The first-order valence-electron chi connectivity index (χ1n) is 12.2. The molecule has 1 aliphatic rings. The Kier molecular flexibility index (Phi) is 5.90. The Labute approximate surface area is 213 Å². The van der Waals surface area contributed by atoms with Crippen molar-refractivity contribution in [1.29, 1.82) is 0 Å². The molecule has 37 heavy (non-hydrogen) atoms. The molecule has 0 bridgehead atoms. The largest absolute Gasteiger partial charge is 0.324 e. The van der Waals surface area contributed by atoms with Gasteiger partial charge in [0.2, 0.25) is 5.91 Å². The van der Waals surface area contributed by atoms with E-state index >= 15 is 0 Å². The van der Waals surface area contributed by atoms with Gasteiger partial charge in [-0.15, -0.1) is 0 Å². The maximum Gasteiger partial charge on any atom is 0.276 e. The molecule has 182 valence electrons.